The summed E-state index contributed by atoms with van der Waals surface area (Å²) < 4.78 is 12.0. The highest BCUT2D eigenvalue weighted by molar-refractivity contribution is 5.74. The number of nitrogens with zero attached hydrogens (tertiary/aromatic N) is 1. The minimum Gasteiger partial charge on any atom is -0.493 e. The van der Waals surface area contributed by atoms with Gasteiger partial charge in [0.1, 0.15) is 11.5 Å². The van der Waals surface area contributed by atoms with Gasteiger partial charge in [0.25, 0.3) is 0 Å². The molecule has 0 bridgehead atoms. The number of aliphatic hydroxyl groups is 3. The number of aliphatic hydroxyl groups excluding tert-OH is 3. The maximum Gasteiger partial charge on any atom is 0.122 e. The number of hydrogen-bond donors (Lipinski definition) is 5. The largest absolute Gasteiger partial charge is 0.493 e. The minimum absolute atomic E-state index is 0.431. The molecule has 240 valence electrons. The van der Waals surface area contributed by atoms with Gasteiger partial charge in [0.2, 0.25) is 0 Å². The first kappa shape index (κ1) is 38.0. The highest BCUT2D eigenvalue weighted by atomic mass is 16.5. The Morgan fingerprint density at radius 1 is 0.791 bits per heavy atom. The normalized spacial score (nSPS) is 15.2. The van der Waals surface area contributed by atoms with Gasteiger partial charge in [-0.25, -0.2) is 0 Å². The van der Waals surface area contributed by atoms with E-state index in [0.29, 0.717) is 19.8 Å². The summed E-state index contributed by atoms with van der Waals surface area (Å²) in [5.74, 6) is 1.85. The van der Waals surface area contributed by atoms with Crippen LogP contribution in [0.15, 0.2) is 60.9 Å². The number of rotatable bonds is 13. The van der Waals surface area contributed by atoms with E-state index in [1.807, 2.05) is 44.4 Å². The van der Waals surface area contributed by atoms with Crippen LogP contribution in [0.4, 0.5) is 0 Å². The van der Waals surface area contributed by atoms with E-state index in [1.54, 1.807) is 0 Å². The molecule has 8 nitrogen and oxygen atoms in total. The van der Waals surface area contributed by atoms with Gasteiger partial charge in [0.05, 0.1) is 25.4 Å². The molecule has 43 heavy (non-hydrogen) atoms. The summed E-state index contributed by atoms with van der Waals surface area (Å²) in [4.78, 5) is 4.05. The second-order valence-corrected chi connectivity index (χ2v) is 9.97. The maximum atomic E-state index is 8.75. The summed E-state index contributed by atoms with van der Waals surface area (Å²) in [6, 6.07) is 16.6. The quantitative estimate of drug-likeness (QED) is 0.170. The number of benzene rings is 2. The van der Waals surface area contributed by atoms with Crippen molar-refractivity contribution in [2.75, 3.05) is 40.0 Å². The monoisotopic (exact) mass is 597 g/mol. The topological polar surface area (TPSA) is 130 Å². The first-order valence-electron chi connectivity index (χ1n) is 15.6. The molecule has 6 N–H and O–H groups in total. The number of ether oxygens (including phenoxy) is 2. The molecule has 8 heteroatoms. The third kappa shape index (κ3) is 13.9. The second-order valence-electron chi connectivity index (χ2n) is 9.97. The molecule has 3 aromatic rings. The number of nitrogens with two attached hydrogens (primary N) is 1. The first-order chi connectivity index (χ1) is 21.0. The van der Waals surface area contributed by atoms with Crippen molar-refractivity contribution in [1.29, 1.82) is 0 Å². The average molecular weight is 598 g/mol. The van der Waals surface area contributed by atoms with Crippen molar-refractivity contribution in [3.05, 3.63) is 77.6 Å². The predicted molar refractivity (Wildman–Crippen MR) is 177 cm³/mol. The van der Waals surface area contributed by atoms with Gasteiger partial charge in [-0.2, -0.15) is 0 Å². The Kier molecular flexibility index (Phi) is 20.7. The fourth-order valence-electron chi connectivity index (χ4n) is 4.60. The van der Waals surface area contributed by atoms with E-state index >= 15 is 0 Å². The molecule has 1 fully saturated rings. The maximum absolute atomic E-state index is 8.75. The van der Waals surface area contributed by atoms with E-state index in [1.165, 1.54) is 16.7 Å². The third-order valence-electron chi connectivity index (χ3n) is 7.00. The highest BCUT2D eigenvalue weighted by Crippen LogP contribution is 2.35. The Bertz CT molecular complexity index is 1110. The zero-order chi connectivity index (χ0) is 31.9. The summed E-state index contributed by atoms with van der Waals surface area (Å²) in [5, 5.41) is 28.0. The number of hydrogen-bond acceptors (Lipinski definition) is 8. The van der Waals surface area contributed by atoms with Gasteiger partial charge in [-0.15, -0.1) is 0 Å². The van der Waals surface area contributed by atoms with Crippen LogP contribution in [0.5, 0.6) is 11.5 Å². The number of nitrogens with one attached hydrogen (secondary N) is 1. The van der Waals surface area contributed by atoms with Crippen molar-refractivity contribution in [3.8, 4) is 22.6 Å². The Hall–Kier alpha value is -3.01. The molecule has 0 saturated heterocycles. The molecule has 2 atom stereocenters. The van der Waals surface area contributed by atoms with Gasteiger partial charge < -0.3 is 35.8 Å². The summed E-state index contributed by atoms with van der Waals surface area (Å²) in [7, 11) is 1.00. The zero-order valence-electron chi connectivity index (χ0n) is 26.9. The van der Waals surface area contributed by atoms with Crippen LogP contribution in [-0.2, 0) is 6.42 Å². The van der Waals surface area contributed by atoms with Gasteiger partial charge in [-0.05, 0) is 124 Å². The Labute approximate surface area is 259 Å². The second kappa shape index (κ2) is 23.4. The summed E-state index contributed by atoms with van der Waals surface area (Å²) in [5.41, 5.74) is 11.5. The summed E-state index contributed by atoms with van der Waals surface area (Å²) >= 11 is 0. The van der Waals surface area contributed by atoms with E-state index in [0.717, 1.165) is 81.4 Å². The molecule has 1 aliphatic carbocycles. The van der Waals surface area contributed by atoms with Crippen molar-refractivity contribution in [3.63, 3.8) is 0 Å². The smallest absolute Gasteiger partial charge is 0.122 e. The molecule has 1 aliphatic rings. The fourth-order valence-corrected chi connectivity index (χ4v) is 4.60. The minimum atomic E-state index is -0.431. The van der Waals surface area contributed by atoms with Crippen LogP contribution in [0.25, 0.3) is 11.1 Å². The van der Waals surface area contributed by atoms with Crippen molar-refractivity contribution in [2.24, 2.45) is 5.73 Å². The molecule has 4 rings (SSSR count). The van der Waals surface area contributed by atoms with Crippen LogP contribution in [0.2, 0.25) is 0 Å². The Balaban J connectivity index is 0.000000717. The van der Waals surface area contributed by atoms with Crippen LogP contribution in [-0.4, -0.2) is 72.5 Å². The van der Waals surface area contributed by atoms with Crippen LogP contribution in [0.3, 0.4) is 0 Å². The van der Waals surface area contributed by atoms with E-state index in [-0.39, 0.29) is 0 Å². The molecular weight excluding hydrogens is 542 g/mol. The van der Waals surface area contributed by atoms with E-state index in [9.17, 15) is 0 Å². The van der Waals surface area contributed by atoms with Crippen LogP contribution in [0, 0.1) is 13.8 Å². The lowest BCUT2D eigenvalue weighted by Gasteiger charge is -2.17. The lowest BCUT2D eigenvalue weighted by molar-refractivity contribution is 0.0438. The zero-order valence-corrected chi connectivity index (χ0v) is 26.9. The molecule has 1 aromatic heterocycles. The first-order valence-corrected chi connectivity index (χ1v) is 15.6. The summed E-state index contributed by atoms with van der Waals surface area (Å²) in [6.07, 6.45) is 8.18. The van der Waals surface area contributed by atoms with Gasteiger partial charge in [0, 0.05) is 19.5 Å². The van der Waals surface area contributed by atoms with Gasteiger partial charge in [-0.3, -0.25) is 4.98 Å². The van der Waals surface area contributed by atoms with Crippen LogP contribution in [0.1, 0.15) is 62.6 Å². The highest BCUT2D eigenvalue weighted by Gasteiger charge is 2.21. The molecule has 0 aliphatic heterocycles. The standard InChI is InChI=1S/C27H35N3O2.C5H10O2.C2H6.CH4O/c1-21-24(7-3-9-26(21)31-19-5-14-28)25-8-4-10-27(22(25)2)32-20-6-15-29-16-11-23-12-17-30-18-13-23;6-4-2-1-3-5(4)7;2*1-2/h3-4,7-10,12-13,17-18,29H,5-6,11,14-16,19-20,28H2,1-2H3;4-7H,1-3H2;1-2H3;2H,1H3. The molecular formula is C35H55N3O5. The van der Waals surface area contributed by atoms with Gasteiger partial charge >= 0.3 is 0 Å². The van der Waals surface area contributed by atoms with Gasteiger partial charge in [-0.1, -0.05) is 38.1 Å². The number of pyridine rings is 1. The Morgan fingerprint density at radius 3 is 1.77 bits per heavy atom. The summed E-state index contributed by atoms with van der Waals surface area (Å²) in [6.45, 7) is 12.1. The van der Waals surface area contributed by atoms with Crippen LogP contribution >= 0.6 is 0 Å². The molecule has 0 amide bonds. The number of aromatic nitrogens is 1. The molecule has 1 heterocycles. The van der Waals surface area contributed by atoms with E-state index in [2.05, 4.69) is 54.5 Å². The van der Waals surface area contributed by atoms with Crippen molar-refractivity contribution in [2.45, 2.75) is 78.4 Å². The molecule has 2 aromatic carbocycles. The van der Waals surface area contributed by atoms with E-state index < -0.39 is 12.2 Å². The average Bonchev–Trinajstić information content (AvgIpc) is 3.43. The van der Waals surface area contributed by atoms with Gasteiger partial charge in [0.15, 0.2) is 0 Å². The molecule has 0 spiro atoms. The van der Waals surface area contributed by atoms with Crippen LogP contribution < -0.4 is 20.5 Å². The lowest BCUT2D eigenvalue weighted by Crippen LogP contribution is -2.20. The molecule has 1 saturated carbocycles. The molecule has 2 unspecified atom stereocenters. The predicted octanol–water partition coefficient (Wildman–Crippen LogP) is 5.22. The SMILES string of the molecule is CC.CO.Cc1c(OCCCN)cccc1-c1cccc(OCCCNCCc2ccncc2)c1C.OC1CCCC1O. The van der Waals surface area contributed by atoms with E-state index in [4.69, 9.17) is 30.5 Å². The fraction of sp³-hybridized carbons (Fsp3) is 0.514. The Morgan fingerprint density at radius 2 is 1.30 bits per heavy atom. The lowest BCUT2D eigenvalue weighted by atomic mass is 9.95. The molecule has 0 radical (unpaired) electrons. The van der Waals surface area contributed by atoms with Crippen molar-refractivity contribution >= 4 is 0 Å². The van der Waals surface area contributed by atoms with Crippen molar-refractivity contribution < 1.29 is 24.8 Å². The van der Waals surface area contributed by atoms with Crippen molar-refractivity contribution in [1.82, 2.24) is 10.3 Å². The third-order valence-corrected chi connectivity index (χ3v) is 7.00.